The van der Waals surface area contributed by atoms with Crippen LogP contribution in [0.3, 0.4) is 0 Å². The monoisotopic (exact) mass is 209 g/mol. The van der Waals surface area contributed by atoms with E-state index >= 15 is 0 Å². The van der Waals surface area contributed by atoms with Gasteiger partial charge in [-0.3, -0.25) is 4.79 Å². The summed E-state index contributed by atoms with van der Waals surface area (Å²) in [4.78, 5) is 11.4. The summed E-state index contributed by atoms with van der Waals surface area (Å²) in [5.41, 5.74) is 6.57. The molecule has 1 atom stereocenters. The SMILES string of the molecule is [2H]COC[C@H](N)C(=O)NCc1ccccc1. The summed E-state index contributed by atoms with van der Waals surface area (Å²) in [5, 5.41) is 2.70. The minimum absolute atomic E-state index is 0.0735. The highest BCUT2D eigenvalue weighted by Gasteiger charge is 2.11. The van der Waals surface area contributed by atoms with Crippen LogP contribution in [0.15, 0.2) is 30.3 Å². The Hall–Kier alpha value is -1.39. The van der Waals surface area contributed by atoms with E-state index < -0.39 is 6.04 Å². The van der Waals surface area contributed by atoms with Crippen molar-refractivity contribution in [3.8, 4) is 0 Å². The Balaban J connectivity index is 2.29. The van der Waals surface area contributed by atoms with Gasteiger partial charge in [0.15, 0.2) is 0 Å². The number of methoxy groups -OCH3 is 1. The summed E-state index contributed by atoms with van der Waals surface area (Å²) in [6.45, 7) is 0.526. The predicted octanol–water partition coefficient (Wildman–Crippen LogP) is 0.277. The molecule has 1 amide bonds. The van der Waals surface area contributed by atoms with Crippen LogP contribution < -0.4 is 11.1 Å². The van der Waals surface area contributed by atoms with Crippen LogP contribution in [0.2, 0.25) is 0 Å². The highest BCUT2D eigenvalue weighted by molar-refractivity contribution is 5.81. The van der Waals surface area contributed by atoms with E-state index in [0.717, 1.165) is 5.56 Å². The third-order valence-electron chi connectivity index (χ3n) is 1.94. The summed E-state index contributed by atoms with van der Waals surface area (Å²) < 4.78 is 11.5. The maximum Gasteiger partial charge on any atom is 0.239 e. The maximum absolute atomic E-state index is 11.4. The second-order valence-electron chi connectivity index (χ2n) is 3.18. The van der Waals surface area contributed by atoms with Gasteiger partial charge < -0.3 is 15.8 Å². The third-order valence-corrected chi connectivity index (χ3v) is 1.94. The van der Waals surface area contributed by atoms with Crippen LogP contribution in [0.1, 0.15) is 6.93 Å². The van der Waals surface area contributed by atoms with Crippen LogP contribution in [-0.4, -0.2) is 25.6 Å². The lowest BCUT2D eigenvalue weighted by Crippen LogP contribution is -2.43. The molecule has 0 unspecified atom stereocenters. The Morgan fingerprint density at radius 3 is 3.00 bits per heavy atom. The largest absolute Gasteiger partial charge is 0.383 e. The summed E-state index contributed by atoms with van der Waals surface area (Å²) in [5.74, 6) is -0.266. The van der Waals surface area contributed by atoms with E-state index in [1.807, 2.05) is 30.3 Å². The number of carbonyl (C=O) groups is 1. The van der Waals surface area contributed by atoms with E-state index in [9.17, 15) is 4.79 Å². The zero-order chi connectivity index (χ0) is 11.8. The molecule has 0 aromatic heterocycles. The van der Waals surface area contributed by atoms with Crippen molar-refractivity contribution in [3.05, 3.63) is 35.9 Å². The number of carbonyl (C=O) groups excluding carboxylic acids is 1. The number of benzene rings is 1. The highest BCUT2D eigenvalue weighted by atomic mass is 16.5. The minimum Gasteiger partial charge on any atom is -0.383 e. The molecule has 0 aliphatic heterocycles. The summed E-state index contributed by atoms with van der Waals surface area (Å²) in [6, 6.07) is 8.86. The Morgan fingerprint density at radius 1 is 1.60 bits per heavy atom. The molecule has 0 saturated heterocycles. The quantitative estimate of drug-likeness (QED) is 0.732. The van der Waals surface area contributed by atoms with E-state index in [1.165, 1.54) is 0 Å². The van der Waals surface area contributed by atoms with Gasteiger partial charge in [-0.2, -0.15) is 0 Å². The van der Waals surface area contributed by atoms with E-state index in [2.05, 4.69) is 5.32 Å². The molecule has 0 spiro atoms. The molecule has 1 rings (SSSR count). The van der Waals surface area contributed by atoms with Gasteiger partial charge in [0.25, 0.3) is 0 Å². The van der Waals surface area contributed by atoms with Gasteiger partial charge in [-0.1, -0.05) is 30.3 Å². The molecule has 0 heterocycles. The second-order valence-corrected chi connectivity index (χ2v) is 3.18. The molecule has 1 aromatic carbocycles. The van der Waals surface area contributed by atoms with Crippen LogP contribution >= 0.6 is 0 Å². The average molecular weight is 209 g/mol. The fourth-order valence-electron chi connectivity index (χ4n) is 1.12. The first-order chi connectivity index (χ1) is 7.74. The molecule has 0 radical (unpaired) electrons. The Morgan fingerprint density at radius 2 is 2.33 bits per heavy atom. The van der Waals surface area contributed by atoms with Crippen LogP contribution in [0.4, 0.5) is 0 Å². The number of hydrogen-bond acceptors (Lipinski definition) is 3. The first-order valence-corrected chi connectivity index (χ1v) is 4.68. The number of nitrogens with two attached hydrogens (primary N) is 1. The van der Waals surface area contributed by atoms with Gasteiger partial charge >= 0.3 is 0 Å². The molecule has 4 nitrogen and oxygen atoms in total. The van der Waals surface area contributed by atoms with E-state index in [4.69, 9.17) is 11.8 Å². The molecule has 0 aliphatic carbocycles. The van der Waals surface area contributed by atoms with Crippen molar-refractivity contribution in [1.29, 1.82) is 0 Å². The number of hydrogen-bond donors (Lipinski definition) is 2. The van der Waals surface area contributed by atoms with Crippen LogP contribution in [-0.2, 0) is 16.1 Å². The minimum atomic E-state index is -0.714. The molecule has 1 aromatic rings. The first-order valence-electron chi connectivity index (χ1n) is 5.39. The maximum atomic E-state index is 11.4. The molecule has 0 fully saturated rings. The zero-order valence-electron chi connectivity index (χ0n) is 9.48. The standard InChI is InChI=1S/C11H16N2O2/c1-15-8-10(12)11(14)13-7-9-5-3-2-4-6-9/h2-6,10H,7-8,12H2,1H3,(H,13,14)/t10-/m0/s1/i1D. The van der Waals surface area contributed by atoms with E-state index in [-0.39, 0.29) is 19.6 Å². The Kier molecular flexibility index (Phi) is 4.16. The normalized spacial score (nSPS) is 13.0. The van der Waals surface area contributed by atoms with Crippen LogP contribution in [0, 0.1) is 0 Å². The number of rotatable bonds is 5. The van der Waals surface area contributed by atoms with Crippen molar-refractivity contribution in [3.63, 3.8) is 0 Å². The smallest absolute Gasteiger partial charge is 0.239 e. The Labute approximate surface area is 90.8 Å². The fraction of sp³-hybridized carbons (Fsp3) is 0.364. The lowest BCUT2D eigenvalue weighted by molar-refractivity contribution is -0.123. The van der Waals surface area contributed by atoms with Crippen molar-refractivity contribution in [2.75, 3.05) is 13.7 Å². The van der Waals surface area contributed by atoms with E-state index in [1.54, 1.807) is 0 Å². The topological polar surface area (TPSA) is 64.3 Å². The third kappa shape index (κ3) is 4.10. The molecule has 15 heavy (non-hydrogen) atoms. The summed E-state index contributed by atoms with van der Waals surface area (Å²) >= 11 is 0. The van der Waals surface area contributed by atoms with E-state index in [0.29, 0.717) is 6.54 Å². The fourth-order valence-corrected chi connectivity index (χ4v) is 1.12. The molecule has 0 saturated carbocycles. The van der Waals surface area contributed by atoms with Gasteiger partial charge in [0.05, 0.1) is 7.98 Å². The van der Waals surface area contributed by atoms with Crippen molar-refractivity contribution < 1.29 is 10.9 Å². The van der Waals surface area contributed by atoms with Gasteiger partial charge in [-0.25, -0.2) is 0 Å². The summed E-state index contributed by atoms with van der Waals surface area (Å²) in [7, 11) is -0.181. The van der Waals surface area contributed by atoms with Crippen LogP contribution in [0.25, 0.3) is 0 Å². The first kappa shape index (κ1) is 10.1. The van der Waals surface area contributed by atoms with Crippen molar-refractivity contribution in [1.82, 2.24) is 5.32 Å². The average Bonchev–Trinajstić information content (AvgIpc) is 2.34. The molecule has 4 heteroatoms. The van der Waals surface area contributed by atoms with Crippen molar-refractivity contribution in [2.45, 2.75) is 12.6 Å². The molecule has 3 N–H and O–H groups in total. The molecule has 82 valence electrons. The lowest BCUT2D eigenvalue weighted by Gasteiger charge is -2.10. The van der Waals surface area contributed by atoms with Crippen molar-refractivity contribution >= 4 is 5.91 Å². The summed E-state index contributed by atoms with van der Waals surface area (Å²) in [6.07, 6.45) is 0. The molecule has 0 aliphatic rings. The van der Waals surface area contributed by atoms with Crippen LogP contribution in [0.5, 0.6) is 0 Å². The second kappa shape index (κ2) is 6.16. The van der Waals surface area contributed by atoms with Gasteiger partial charge in [-0.05, 0) is 5.56 Å². The zero-order valence-corrected chi connectivity index (χ0v) is 8.48. The molecular formula is C11H16N2O2. The van der Waals surface area contributed by atoms with Gasteiger partial charge in [-0.15, -0.1) is 0 Å². The Bertz CT molecular complexity index is 319. The van der Waals surface area contributed by atoms with Crippen molar-refractivity contribution in [2.24, 2.45) is 5.73 Å². The molecule has 0 bridgehead atoms. The highest BCUT2D eigenvalue weighted by Crippen LogP contribution is 1.97. The van der Waals surface area contributed by atoms with Gasteiger partial charge in [0.1, 0.15) is 6.04 Å². The predicted molar refractivity (Wildman–Crippen MR) is 58.1 cm³/mol. The van der Waals surface area contributed by atoms with Gasteiger partial charge in [0, 0.05) is 13.6 Å². The van der Waals surface area contributed by atoms with Gasteiger partial charge in [0.2, 0.25) is 5.91 Å². The molecular weight excluding hydrogens is 192 g/mol. The lowest BCUT2D eigenvalue weighted by atomic mass is 10.2. The number of ether oxygens (including phenoxy) is 1. The number of nitrogens with one attached hydrogen (secondary N) is 1. The number of amides is 1.